The second-order valence-electron chi connectivity index (χ2n) is 3.89. The van der Waals surface area contributed by atoms with Crippen molar-refractivity contribution in [2.75, 3.05) is 7.05 Å². The van der Waals surface area contributed by atoms with Gasteiger partial charge in [-0.25, -0.2) is 4.99 Å². The van der Waals surface area contributed by atoms with E-state index in [0.29, 0.717) is 5.84 Å². The molecule has 2 aliphatic rings. The number of fused-ring (bicyclic) bond motifs is 1. The van der Waals surface area contributed by atoms with Crippen LogP contribution in [0.2, 0.25) is 0 Å². The van der Waals surface area contributed by atoms with Gasteiger partial charge in [-0.15, -0.1) is 0 Å². The van der Waals surface area contributed by atoms with Gasteiger partial charge in [-0.05, 0) is 11.5 Å². The third-order valence-electron chi connectivity index (χ3n) is 2.77. The molecule has 0 radical (unpaired) electrons. The number of amidine groups is 1. The zero-order valence-corrected chi connectivity index (χ0v) is 10.2. The predicted octanol–water partition coefficient (Wildman–Crippen LogP) is 2.81. The highest BCUT2D eigenvalue weighted by molar-refractivity contribution is 8.06. The zero-order chi connectivity index (χ0) is 11.8. The molecule has 4 heteroatoms. The van der Waals surface area contributed by atoms with Crippen molar-refractivity contribution in [2.45, 2.75) is 0 Å². The van der Waals surface area contributed by atoms with Gasteiger partial charge < -0.3 is 4.90 Å². The molecule has 0 atom stereocenters. The van der Waals surface area contributed by atoms with Crippen LogP contribution in [0.1, 0.15) is 11.1 Å². The van der Waals surface area contributed by atoms with E-state index in [9.17, 15) is 0 Å². The van der Waals surface area contributed by atoms with Gasteiger partial charge >= 0.3 is 0 Å². The number of benzene rings is 1. The lowest BCUT2D eigenvalue weighted by molar-refractivity contribution is 0.621. The summed E-state index contributed by atoms with van der Waals surface area (Å²) in [6.45, 7) is 0. The van der Waals surface area contributed by atoms with Crippen molar-refractivity contribution in [2.24, 2.45) is 4.99 Å². The normalized spacial score (nSPS) is 20.1. The number of thioether (sulfide) groups is 1. The molecule has 1 aromatic carbocycles. The summed E-state index contributed by atoms with van der Waals surface area (Å²) >= 11 is 1.67. The van der Waals surface area contributed by atoms with E-state index in [4.69, 9.17) is 5.41 Å². The molecule has 0 saturated carbocycles. The molecule has 0 unspecified atom stereocenters. The highest BCUT2D eigenvalue weighted by Crippen LogP contribution is 2.29. The Balaban J connectivity index is 2.02. The summed E-state index contributed by atoms with van der Waals surface area (Å²) in [4.78, 5) is 6.36. The van der Waals surface area contributed by atoms with Crippen molar-refractivity contribution < 1.29 is 0 Å². The average Bonchev–Trinajstić information content (AvgIpc) is 2.87. The number of hydrogen-bond acceptors (Lipinski definition) is 3. The van der Waals surface area contributed by atoms with Crippen LogP contribution in [0, 0.1) is 5.41 Å². The summed E-state index contributed by atoms with van der Waals surface area (Å²) in [5, 5.41) is 11.0. The highest BCUT2D eigenvalue weighted by Gasteiger charge is 2.19. The highest BCUT2D eigenvalue weighted by atomic mass is 32.2. The number of allylic oxidation sites excluding steroid dienone is 1. The molecule has 0 aromatic heterocycles. The number of nitrogens with zero attached hydrogens (tertiary/aromatic N) is 2. The minimum Gasteiger partial charge on any atom is -0.345 e. The molecular formula is C13H11N3S. The molecule has 17 heavy (non-hydrogen) atoms. The SMILES string of the molecule is CN1C=CS/C1=C\C1=NC(=N)c2ccccc21. The molecule has 0 amide bonds. The van der Waals surface area contributed by atoms with Crippen molar-refractivity contribution >= 4 is 23.3 Å². The lowest BCUT2D eigenvalue weighted by Crippen LogP contribution is -2.05. The zero-order valence-electron chi connectivity index (χ0n) is 9.34. The van der Waals surface area contributed by atoms with Crippen molar-refractivity contribution in [1.82, 2.24) is 4.90 Å². The molecule has 84 valence electrons. The van der Waals surface area contributed by atoms with Gasteiger partial charge in [0.05, 0.1) is 10.7 Å². The first-order valence-corrected chi connectivity index (χ1v) is 6.18. The first kappa shape index (κ1) is 10.4. The lowest BCUT2D eigenvalue weighted by atomic mass is 10.1. The van der Waals surface area contributed by atoms with Crippen LogP contribution in [0.4, 0.5) is 0 Å². The van der Waals surface area contributed by atoms with Gasteiger partial charge in [-0.2, -0.15) is 0 Å². The molecule has 1 N–H and O–H groups in total. The molecule has 3 nitrogen and oxygen atoms in total. The maximum atomic E-state index is 7.83. The summed E-state index contributed by atoms with van der Waals surface area (Å²) in [5.41, 5.74) is 2.84. The van der Waals surface area contributed by atoms with E-state index >= 15 is 0 Å². The third-order valence-corrected chi connectivity index (χ3v) is 3.68. The maximum Gasteiger partial charge on any atom is 0.153 e. The van der Waals surface area contributed by atoms with Crippen LogP contribution in [-0.2, 0) is 0 Å². The van der Waals surface area contributed by atoms with Crippen molar-refractivity contribution in [3.05, 3.63) is 58.1 Å². The first-order chi connectivity index (χ1) is 8.25. The van der Waals surface area contributed by atoms with Crippen LogP contribution in [0.15, 0.2) is 52.0 Å². The molecule has 2 aliphatic heterocycles. The summed E-state index contributed by atoms with van der Waals surface area (Å²) in [6.07, 6.45) is 4.05. The summed E-state index contributed by atoms with van der Waals surface area (Å²) in [7, 11) is 2.01. The molecule has 2 heterocycles. The Hall–Kier alpha value is -1.81. The Morgan fingerprint density at radius 1 is 1.29 bits per heavy atom. The third kappa shape index (κ3) is 1.70. The summed E-state index contributed by atoms with van der Waals surface area (Å²) in [5.74, 6) is 0.353. The second kappa shape index (κ2) is 3.89. The second-order valence-corrected chi connectivity index (χ2v) is 4.81. The van der Waals surface area contributed by atoms with Gasteiger partial charge in [0.15, 0.2) is 5.84 Å². The molecule has 3 rings (SSSR count). The Bertz CT molecular complexity index is 584. The lowest BCUT2D eigenvalue weighted by Gasteiger charge is -2.09. The van der Waals surface area contributed by atoms with Crippen LogP contribution >= 0.6 is 11.8 Å². The van der Waals surface area contributed by atoms with Crippen LogP contribution in [0.3, 0.4) is 0 Å². The van der Waals surface area contributed by atoms with E-state index in [2.05, 4.69) is 9.89 Å². The first-order valence-electron chi connectivity index (χ1n) is 5.30. The Kier molecular flexibility index (Phi) is 2.37. The minimum atomic E-state index is 0.353. The Morgan fingerprint density at radius 2 is 2.06 bits per heavy atom. The number of hydrogen-bond donors (Lipinski definition) is 1. The largest absolute Gasteiger partial charge is 0.345 e. The molecule has 0 spiro atoms. The van der Waals surface area contributed by atoms with Gasteiger partial charge in [0.25, 0.3) is 0 Å². The van der Waals surface area contributed by atoms with Crippen LogP contribution in [0.5, 0.6) is 0 Å². The van der Waals surface area contributed by atoms with E-state index in [1.807, 2.05) is 49.0 Å². The molecule has 0 fully saturated rings. The van der Waals surface area contributed by atoms with Crippen LogP contribution < -0.4 is 0 Å². The van der Waals surface area contributed by atoms with E-state index in [1.54, 1.807) is 11.8 Å². The fourth-order valence-corrected chi connectivity index (χ4v) is 2.65. The fraction of sp³-hybridized carbons (Fsp3) is 0.0769. The maximum absolute atomic E-state index is 7.83. The van der Waals surface area contributed by atoms with Crippen molar-refractivity contribution in [3.63, 3.8) is 0 Å². The standard InChI is InChI=1S/C13H11N3S/c1-16-6-7-17-12(16)8-11-9-4-2-3-5-10(9)13(14)15-11/h2-8,14H,1H3/b12-8-,14-13?. The van der Waals surface area contributed by atoms with Crippen molar-refractivity contribution in [3.8, 4) is 0 Å². The molecule has 0 aliphatic carbocycles. The number of nitrogens with one attached hydrogen (secondary N) is 1. The average molecular weight is 241 g/mol. The van der Waals surface area contributed by atoms with E-state index in [1.165, 1.54) is 0 Å². The summed E-state index contributed by atoms with van der Waals surface area (Å²) in [6, 6.07) is 7.88. The monoisotopic (exact) mass is 241 g/mol. The Morgan fingerprint density at radius 3 is 2.76 bits per heavy atom. The quantitative estimate of drug-likeness (QED) is 0.821. The minimum absolute atomic E-state index is 0.353. The fourth-order valence-electron chi connectivity index (χ4n) is 1.86. The van der Waals surface area contributed by atoms with E-state index in [0.717, 1.165) is 21.9 Å². The van der Waals surface area contributed by atoms with Gasteiger partial charge in [-0.1, -0.05) is 36.0 Å². The molecular weight excluding hydrogens is 230 g/mol. The van der Waals surface area contributed by atoms with Crippen LogP contribution in [-0.4, -0.2) is 23.5 Å². The molecule has 1 aromatic rings. The van der Waals surface area contributed by atoms with Gasteiger partial charge in [0, 0.05) is 24.4 Å². The Labute approximate surface area is 104 Å². The number of rotatable bonds is 1. The number of aliphatic imine (C=N–C) groups is 1. The summed E-state index contributed by atoms with van der Waals surface area (Å²) < 4.78 is 0. The van der Waals surface area contributed by atoms with E-state index < -0.39 is 0 Å². The topological polar surface area (TPSA) is 39.5 Å². The van der Waals surface area contributed by atoms with Crippen molar-refractivity contribution in [1.29, 1.82) is 5.41 Å². The van der Waals surface area contributed by atoms with E-state index in [-0.39, 0.29) is 0 Å². The molecule has 0 bridgehead atoms. The predicted molar refractivity (Wildman–Crippen MR) is 72.4 cm³/mol. The van der Waals surface area contributed by atoms with Crippen LogP contribution in [0.25, 0.3) is 0 Å². The molecule has 0 saturated heterocycles. The van der Waals surface area contributed by atoms with Gasteiger partial charge in [-0.3, -0.25) is 5.41 Å². The van der Waals surface area contributed by atoms with Gasteiger partial charge in [0.1, 0.15) is 0 Å². The smallest absolute Gasteiger partial charge is 0.153 e. The van der Waals surface area contributed by atoms with Gasteiger partial charge in [0.2, 0.25) is 0 Å².